The summed E-state index contributed by atoms with van der Waals surface area (Å²) in [5.74, 6) is 0.122. The summed E-state index contributed by atoms with van der Waals surface area (Å²) in [6, 6.07) is -0.0412. The Morgan fingerprint density at radius 2 is 2.56 bits per heavy atom. The summed E-state index contributed by atoms with van der Waals surface area (Å²) >= 11 is 1.69. The molecule has 1 fully saturated rings. The van der Waals surface area contributed by atoms with Crippen molar-refractivity contribution in [3.05, 3.63) is 16.1 Å². The predicted octanol–water partition coefficient (Wildman–Crippen LogP) is 1.07. The molecule has 5 heteroatoms. The first kappa shape index (κ1) is 11.5. The fourth-order valence-corrected chi connectivity index (χ4v) is 2.53. The first-order valence-corrected chi connectivity index (χ1v) is 6.62. The van der Waals surface area contributed by atoms with Gasteiger partial charge in [-0.15, -0.1) is 11.3 Å². The van der Waals surface area contributed by atoms with Crippen LogP contribution >= 0.6 is 11.3 Å². The van der Waals surface area contributed by atoms with Crippen molar-refractivity contribution in [2.45, 2.75) is 38.8 Å². The van der Waals surface area contributed by atoms with Gasteiger partial charge in [0.15, 0.2) is 0 Å². The largest absolute Gasteiger partial charge is 0.355 e. The van der Waals surface area contributed by atoms with E-state index in [0.29, 0.717) is 6.54 Å². The van der Waals surface area contributed by atoms with Crippen molar-refractivity contribution in [3.63, 3.8) is 0 Å². The average Bonchev–Trinajstić information content (AvgIpc) is 2.76. The van der Waals surface area contributed by atoms with E-state index in [4.69, 9.17) is 0 Å². The maximum Gasteiger partial charge on any atom is 0.237 e. The van der Waals surface area contributed by atoms with Gasteiger partial charge < -0.3 is 10.6 Å². The van der Waals surface area contributed by atoms with E-state index in [9.17, 15) is 4.79 Å². The number of rotatable bonds is 4. The van der Waals surface area contributed by atoms with Gasteiger partial charge in [0.05, 0.1) is 16.7 Å². The van der Waals surface area contributed by atoms with Crippen molar-refractivity contribution in [1.29, 1.82) is 0 Å². The molecular weight excluding hydrogens is 222 g/mol. The number of hydrogen-bond acceptors (Lipinski definition) is 4. The molecule has 1 saturated heterocycles. The lowest BCUT2D eigenvalue weighted by atomic mass is 10.1. The zero-order chi connectivity index (χ0) is 11.4. The van der Waals surface area contributed by atoms with Crippen molar-refractivity contribution in [2.24, 2.45) is 0 Å². The van der Waals surface area contributed by atoms with Crippen LogP contribution in [-0.2, 0) is 17.8 Å². The number of carbonyl (C=O) groups is 1. The molecule has 1 aromatic heterocycles. The number of thiazole rings is 1. The van der Waals surface area contributed by atoms with Gasteiger partial charge in [-0.05, 0) is 19.3 Å². The highest BCUT2D eigenvalue weighted by molar-refractivity contribution is 7.09. The molecule has 2 heterocycles. The molecule has 88 valence electrons. The van der Waals surface area contributed by atoms with E-state index < -0.39 is 0 Å². The molecule has 2 N–H and O–H groups in total. The summed E-state index contributed by atoms with van der Waals surface area (Å²) in [4.78, 5) is 15.9. The zero-order valence-electron chi connectivity index (χ0n) is 9.45. The molecule has 0 saturated carbocycles. The number of amides is 1. The molecule has 1 unspecified atom stereocenters. The molecule has 0 spiro atoms. The zero-order valence-corrected chi connectivity index (χ0v) is 10.3. The van der Waals surface area contributed by atoms with Gasteiger partial charge in [0.2, 0.25) is 5.91 Å². The van der Waals surface area contributed by atoms with E-state index in [1.165, 1.54) is 0 Å². The first-order valence-electron chi connectivity index (χ1n) is 5.74. The van der Waals surface area contributed by atoms with E-state index in [2.05, 4.69) is 27.9 Å². The van der Waals surface area contributed by atoms with Crippen LogP contribution in [-0.4, -0.2) is 23.5 Å². The molecule has 1 atom stereocenters. The summed E-state index contributed by atoms with van der Waals surface area (Å²) in [5.41, 5.74) is 1.04. The molecular formula is C11H17N3OS. The fourth-order valence-electron chi connectivity index (χ4n) is 1.79. The summed E-state index contributed by atoms with van der Waals surface area (Å²) in [7, 11) is 0. The average molecular weight is 239 g/mol. The lowest BCUT2D eigenvalue weighted by Crippen LogP contribution is -2.47. The van der Waals surface area contributed by atoms with Crippen LogP contribution in [0.25, 0.3) is 0 Å². The van der Waals surface area contributed by atoms with Crippen LogP contribution in [0.15, 0.2) is 5.38 Å². The number of hydrogen-bond donors (Lipinski definition) is 2. The molecule has 0 aromatic carbocycles. The van der Waals surface area contributed by atoms with Gasteiger partial charge in [-0.1, -0.05) is 6.92 Å². The van der Waals surface area contributed by atoms with Crippen molar-refractivity contribution >= 4 is 17.2 Å². The summed E-state index contributed by atoms with van der Waals surface area (Å²) in [6.07, 6.45) is 2.96. The second kappa shape index (κ2) is 5.41. The molecule has 0 aliphatic carbocycles. The fraction of sp³-hybridized carbons (Fsp3) is 0.636. The summed E-state index contributed by atoms with van der Waals surface area (Å²) < 4.78 is 0. The second-order valence-electron chi connectivity index (χ2n) is 3.95. The van der Waals surface area contributed by atoms with E-state index in [-0.39, 0.29) is 11.9 Å². The molecule has 4 nitrogen and oxygen atoms in total. The van der Waals surface area contributed by atoms with E-state index in [1.54, 1.807) is 11.3 Å². The SMILES string of the molecule is CCc1nc(CNC2CCCNC2=O)cs1. The van der Waals surface area contributed by atoms with Crippen LogP contribution in [0.5, 0.6) is 0 Å². The first-order chi connectivity index (χ1) is 7.79. The number of aryl methyl sites for hydroxylation is 1. The second-order valence-corrected chi connectivity index (χ2v) is 4.90. The Morgan fingerprint density at radius 1 is 1.69 bits per heavy atom. The van der Waals surface area contributed by atoms with Gasteiger partial charge in [-0.3, -0.25) is 4.79 Å². The molecule has 2 rings (SSSR count). The summed E-state index contributed by atoms with van der Waals surface area (Å²) in [5, 5.41) is 9.34. The maximum absolute atomic E-state index is 11.5. The third-order valence-electron chi connectivity index (χ3n) is 2.72. The minimum absolute atomic E-state index is 0.0412. The molecule has 1 aromatic rings. The van der Waals surface area contributed by atoms with Gasteiger partial charge in [-0.25, -0.2) is 4.98 Å². The third-order valence-corrected chi connectivity index (χ3v) is 3.76. The summed E-state index contributed by atoms with van der Waals surface area (Å²) in [6.45, 7) is 3.60. The van der Waals surface area contributed by atoms with E-state index >= 15 is 0 Å². The molecule has 1 aliphatic heterocycles. The highest BCUT2D eigenvalue weighted by atomic mass is 32.1. The Morgan fingerprint density at radius 3 is 3.25 bits per heavy atom. The van der Waals surface area contributed by atoms with Crippen molar-refractivity contribution < 1.29 is 4.79 Å². The van der Waals surface area contributed by atoms with Gasteiger partial charge in [0.1, 0.15) is 0 Å². The highest BCUT2D eigenvalue weighted by Crippen LogP contribution is 2.11. The molecule has 1 amide bonds. The van der Waals surface area contributed by atoms with Gasteiger partial charge in [-0.2, -0.15) is 0 Å². The van der Waals surface area contributed by atoms with Gasteiger partial charge in [0, 0.05) is 18.5 Å². The Bertz CT molecular complexity index is 364. The van der Waals surface area contributed by atoms with Crippen LogP contribution < -0.4 is 10.6 Å². The Hall–Kier alpha value is -0.940. The number of carbonyl (C=O) groups excluding carboxylic acids is 1. The van der Waals surface area contributed by atoms with Crippen LogP contribution in [0, 0.1) is 0 Å². The van der Waals surface area contributed by atoms with Crippen LogP contribution in [0.3, 0.4) is 0 Å². The number of nitrogens with one attached hydrogen (secondary N) is 2. The van der Waals surface area contributed by atoms with Gasteiger partial charge in [0.25, 0.3) is 0 Å². The lowest BCUT2D eigenvalue weighted by Gasteiger charge is -2.22. The monoisotopic (exact) mass is 239 g/mol. The molecule has 0 radical (unpaired) electrons. The Kier molecular flexibility index (Phi) is 3.90. The number of nitrogens with zero attached hydrogens (tertiary/aromatic N) is 1. The topological polar surface area (TPSA) is 54.0 Å². The normalized spacial score (nSPS) is 20.8. The minimum Gasteiger partial charge on any atom is -0.355 e. The van der Waals surface area contributed by atoms with Crippen molar-refractivity contribution in [2.75, 3.05) is 6.54 Å². The third kappa shape index (κ3) is 2.80. The van der Waals surface area contributed by atoms with Crippen molar-refractivity contribution in [1.82, 2.24) is 15.6 Å². The lowest BCUT2D eigenvalue weighted by molar-refractivity contribution is -0.124. The molecule has 1 aliphatic rings. The maximum atomic E-state index is 11.5. The van der Waals surface area contributed by atoms with E-state index in [1.807, 2.05) is 0 Å². The Balaban J connectivity index is 1.84. The van der Waals surface area contributed by atoms with Crippen LogP contribution in [0.4, 0.5) is 0 Å². The van der Waals surface area contributed by atoms with Crippen LogP contribution in [0.1, 0.15) is 30.5 Å². The Labute approximate surface area is 99.5 Å². The predicted molar refractivity (Wildman–Crippen MR) is 64.4 cm³/mol. The van der Waals surface area contributed by atoms with Crippen LogP contribution in [0.2, 0.25) is 0 Å². The van der Waals surface area contributed by atoms with E-state index in [0.717, 1.165) is 36.5 Å². The van der Waals surface area contributed by atoms with Crippen molar-refractivity contribution in [3.8, 4) is 0 Å². The standard InChI is InChI=1S/C11H17N3OS/c1-2-10-14-8(7-16-10)6-13-9-4-3-5-12-11(9)15/h7,9,13H,2-6H2,1H3,(H,12,15). The highest BCUT2D eigenvalue weighted by Gasteiger charge is 2.21. The molecule has 16 heavy (non-hydrogen) atoms. The number of piperidine rings is 1. The molecule has 0 bridgehead atoms. The number of aromatic nitrogens is 1. The smallest absolute Gasteiger partial charge is 0.237 e. The van der Waals surface area contributed by atoms with Gasteiger partial charge >= 0.3 is 0 Å². The minimum atomic E-state index is -0.0412. The quantitative estimate of drug-likeness (QED) is 0.826.